The van der Waals surface area contributed by atoms with Crippen molar-refractivity contribution >= 4 is 40.4 Å². The number of nitrogens with two attached hydrogens (primary N) is 1. The average molecular weight is 507 g/mol. The largest absolute Gasteiger partial charge is 0.789 e. The van der Waals surface area contributed by atoms with Gasteiger partial charge in [0.15, 0.2) is 23.9 Å². The lowest BCUT2D eigenvalue weighted by Gasteiger charge is -2.29. The second-order valence-corrected chi connectivity index (χ2v) is 10.3. The summed E-state index contributed by atoms with van der Waals surface area (Å²) in [4.78, 5) is 50.6. The molecule has 1 saturated heterocycles. The van der Waals surface area contributed by atoms with Gasteiger partial charge in [-0.3, -0.25) is 13.4 Å². The lowest BCUT2D eigenvalue weighted by atomic mass is 10.1. The maximum Gasteiger partial charge on any atom is 0.484 e. The zero-order valence-corrected chi connectivity index (χ0v) is 17.5. The lowest BCUT2D eigenvalue weighted by molar-refractivity contribution is -0.334. The van der Waals surface area contributed by atoms with Crippen molar-refractivity contribution in [2.24, 2.45) is 0 Å². The number of aliphatic hydroxyl groups excluding tert-OH is 1. The van der Waals surface area contributed by atoms with E-state index in [-0.39, 0.29) is 17.0 Å². The van der Waals surface area contributed by atoms with Crippen LogP contribution in [-0.2, 0) is 31.6 Å². The van der Waals surface area contributed by atoms with Gasteiger partial charge < -0.3 is 39.7 Å². The molecule has 174 valence electrons. The number of aliphatic hydroxyl groups is 1. The van der Waals surface area contributed by atoms with E-state index in [0.717, 1.165) is 17.2 Å². The molecule has 31 heavy (non-hydrogen) atoms. The number of phosphoric acid groups is 3. The van der Waals surface area contributed by atoms with Gasteiger partial charge in [-0.25, -0.2) is 28.5 Å². The van der Waals surface area contributed by atoms with E-state index in [1.54, 1.807) is 0 Å². The molecule has 0 spiro atoms. The Morgan fingerprint density at radius 3 is 2.52 bits per heavy atom. The van der Waals surface area contributed by atoms with E-state index in [1.807, 2.05) is 0 Å². The molecule has 1 aliphatic heterocycles. The van der Waals surface area contributed by atoms with Crippen LogP contribution in [0, 0.1) is 0 Å². The van der Waals surface area contributed by atoms with Crippen LogP contribution in [-0.4, -0.2) is 59.4 Å². The molecule has 0 aliphatic carbocycles. The van der Waals surface area contributed by atoms with Gasteiger partial charge in [-0.1, -0.05) is 0 Å². The van der Waals surface area contributed by atoms with Crippen LogP contribution in [0.3, 0.4) is 0 Å². The Hall–Kier alpha value is -1.39. The molecule has 2 aromatic rings. The zero-order chi connectivity index (χ0) is 23.2. The van der Waals surface area contributed by atoms with Gasteiger partial charge in [0.05, 0.1) is 20.8 Å². The Kier molecular flexibility index (Phi) is 6.66. The van der Waals surface area contributed by atoms with Crippen molar-refractivity contribution in [3.8, 4) is 0 Å². The van der Waals surface area contributed by atoms with E-state index < -0.39 is 54.7 Å². The number of alkyl halides is 1. The fourth-order valence-corrected chi connectivity index (χ4v) is 5.55. The summed E-state index contributed by atoms with van der Waals surface area (Å²) in [5.41, 5.74) is 5.81. The minimum atomic E-state index is -6.06. The van der Waals surface area contributed by atoms with Crippen LogP contribution in [0.5, 0.6) is 0 Å². The molecule has 6 unspecified atom stereocenters. The number of nitrogen functional groups attached to an aromatic ring is 1. The molecule has 3 rings (SSSR count). The van der Waals surface area contributed by atoms with Crippen molar-refractivity contribution in [1.82, 2.24) is 19.5 Å². The van der Waals surface area contributed by atoms with Crippen LogP contribution in [0.25, 0.3) is 11.2 Å². The summed E-state index contributed by atoms with van der Waals surface area (Å²) in [6.45, 7) is -1.07. The SMILES string of the molecule is Nc1ncnc2c1ncn2C1OC(COP(=O)(O)OP(=O)(O)OP(=O)([O-])[O-])C(O)C1F. The summed E-state index contributed by atoms with van der Waals surface area (Å²) < 4.78 is 65.3. The molecule has 21 heteroatoms. The number of anilines is 1. The van der Waals surface area contributed by atoms with Crippen molar-refractivity contribution in [2.75, 3.05) is 12.3 Å². The number of hydrogen-bond acceptors (Lipinski definition) is 14. The first-order valence-corrected chi connectivity index (χ1v) is 12.3. The second kappa shape index (κ2) is 8.51. The Balaban J connectivity index is 1.69. The smallest absolute Gasteiger partial charge is 0.484 e. The predicted octanol–water partition coefficient (Wildman–Crippen LogP) is -1.92. The van der Waals surface area contributed by atoms with Crippen molar-refractivity contribution < 1.29 is 60.6 Å². The summed E-state index contributed by atoms with van der Waals surface area (Å²) >= 11 is 0. The molecular weight excluding hydrogens is 494 g/mol. The van der Waals surface area contributed by atoms with Crippen LogP contribution in [0.4, 0.5) is 10.2 Å². The summed E-state index contributed by atoms with van der Waals surface area (Å²) in [6, 6.07) is 0. The molecule has 1 aliphatic rings. The monoisotopic (exact) mass is 507 g/mol. The molecule has 0 bridgehead atoms. The van der Waals surface area contributed by atoms with E-state index in [0.29, 0.717) is 0 Å². The molecule has 0 amide bonds. The zero-order valence-electron chi connectivity index (χ0n) is 14.8. The molecule has 0 aromatic carbocycles. The molecule has 0 radical (unpaired) electrons. The minimum Gasteiger partial charge on any atom is -0.789 e. The van der Waals surface area contributed by atoms with Crippen molar-refractivity contribution in [1.29, 1.82) is 0 Å². The van der Waals surface area contributed by atoms with Gasteiger partial charge in [-0.05, 0) is 0 Å². The number of rotatable bonds is 8. The highest BCUT2D eigenvalue weighted by Gasteiger charge is 2.47. The van der Waals surface area contributed by atoms with Crippen LogP contribution in [0.1, 0.15) is 6.23 Å². The van der Waals surface area contributed by atoms with E-state index in [9.17, 15) is 37.9 Å². The van der Waals surface area contributed by atoms with Crippen molar-refractivity contribution in [3.05, 3.63) is 12.7 Å². The third-order valence-corrected chi connectivity index (χ3v) is 7.52. The van der Waals surface area contributed by atoms with E-state index in [4.69, 9.17) is 15.4 Å². The molecular formula is C10H13FN5O12P3-2. The summed E-state index contributed by atoms with van der Waals surface area (Å²) in [6.07, 6.45) is -4.98. The predicted molar refractivity (Wildman–Crippen MR) is 89.9 cm³/mol. The van der Waals surface area contributed by atoms with Gasteiger partial charge in [0.25, 0.3) is 0 Å². The number of phosphoric ester groups is 1. The number of aromatic nitrogens is 4. The van der Waals surface area contributed by atoms with E-state index >= 15 is 0 Å². The van der Waals surface area contributed by atoms with Crippen LogP contribution in [0.2, 0.25) is 0 Å². The summed E-state index contributed by atoms with van der Waals surface area (Å²) in [5.74, 6) is -0.00712. The average Bonchev–Trinajstić information content (AvgIpc) is 3.13. The fraction of sp³-hybridized carbons (Fsp3) is 0.500. The highest BCUT2D eigenvalue weighted by molar-refractivity contribution is 7.66. The van der Waals surface area contributed by atoms with E-state index in [1.165, 1.54) is 0 Å². The molecule has 6 atom stereocenters. The number of fused-ring (bicyclic) bond motifs is 1. The van der Waals surface area contributed by atoms with Gasteiger partial charge in [0.2, 0.25) is 0 Å². The standard InChI is InChI=1S/C10H15FN5O12P3/c11-5-7(17)4(1-25-30(21,22)28-31(23,24)27-29(18,19)20)26-10(5)16-3-15-6-8(12)13-2-14-9(6)16/h2-5,7,10,17H,1H2,(H,21,22)(H,23,24)(H2,12,13,14)(H2,18,19,20)/p-2. The fourth-order valence-electron chi connectivity index (χ4n) is 2.58. The first kappa shape index (κ1) is 24.3. The highest BCUT2D eigenvalue weighted by atomic mass is 31.3. The number of halogens is 1. The topological polar surface area (TPSA) is 265 Å². The van der Waals surface area contributed by atoms with Gasteiger partial charge in [-0.2, -0.15) is 4.31 Å². The Bertz CT molecular complexity index is 1110. The van der Waals surface area contributed by atoms with Crippen molar-refractivity contribution in [3.63, 3.8) is 0 Å². The molecule has 0 saturated carbocycles. The van der Waals surface area contributed by atoms with E-state index in [2.05, 4.69) is 28.1 Å². The number of nitrogens with zero attached hydrogens (tertiary/aromatic N) is 4. The quantitative estimate of drug-likeness (QED) is 0.284. The number of ether oxygens (including phenoxy) is 1. The van der Waals surface area contributed by atoms with Crippen molar-refractivity contribution in [2.45, 2.75) is 24.6 Å². The summed E-state index contributed by atoms with van der Waals surface area (Å²) in [7, 11) is -17.4. The molecule has 5 N–H and O–H groups in total. The minimum absolute atomic E-state index is 0.00712. The van der Waals surface area contributed by atoms with Crippen LogP contribution >= 0.6 is 23.5 Å². The van der Waals surface area contributed by atoms with Gasteiger partial charge >= 0.3 is 15.6 Å². The Morgan fingerprint density at radius 1 is 1.19 bits per heavy atom. The molecule has 2 aromatic heterocycles. The maximum atomic E-state index is 14.6. The lowest BCUT2D eigenvalue weighted by Crippen LogP contribution is -2.31. The number of hydrogen-bond donors (Lipinski definition) is 4. The Labute approximate surface area is 171 Å². The third kappa shape index (κ3) is 5.70. The highest BCUT2D eigenvalue weighted by Crippen LogP contribution is 2.64. The van der Waals surface area contributed by atoms with Gasteiger partial charge in [0, 0.05) is 0 Å². The van der Waals surface area contributed by atoms with Crippen LogP contribution in [0.15, 0.2) is 12.7 Å². The normalized spacial score (nSPS) is 28.5. The first-order valence-electron chi connectivity index (χ1n) is 7.84. The molecule has 1 fully saturated rings. The molecule has 17 nitrogen and oxygen atoms in total. The number of imidazole rings is 1. The Morgan fingerprint density at radius 2 is 1.87 bits per heavy atom. The van der Waals surface area contributed by atoms with Gasteiger partial charge in [-0.15, -0.1) is 0 Å². The second-order valence-electron chi connectivity index (χ2n) is 5.93. The van der Waals surface area contributed by atoms with Gasteiger partial charge in [0.1, 0.15) is 24.1 Å². The first-order chi connectivity index (χ1) is 14.2. The maximum absolute atomic E-state index is 14.6. The van der Waals surface area contributed by atoms with Crippen LogP contribution < -0.4 is 15.5 Å². The summed E-state index contributed by atoms with van der Waals surface area (Å²) in [5, 5.41) is 10.0. The third-order valence-electron chi connectivity index (χ3n) is 3.77. The molecule has 3 heterocycles.